The highest BCUT2D eigenvalue weighted by Gasteiger charge is 2.43. The summed E-state index contributed by atoms with van der Waals surface area (Å²) >= 11 is 0. The maximum Gasteiger partial charge on any atom is 0.227 e. The Morgan fingerprint density at radius 1 is 1.47 bits per heavy atom. The normalized spacial score (nSPS) is 26.2. The Morgan fingerprint density at radius 3 is 2.65 bits per heavy atom. The number of methoxy groups -OCH3 is 1. The van der Waals surface area contributed by atoms with Gasteiger partial charge in [0.1, 0.15) is 0 Å². The van der Waals surface area contributed by atoms with Gasteiger partial charge in [0.2, 0.25) is 5.91 Å². The predicted molar refractivity (Wildman–Crippen MR) is 68.8 cm³/mol. The van der Waals surface area contributed by atoms with Crippen LogP contribution in [-0.2, 0) is 9.53 Å². The van der Waals surface area contributed by atoms with Crippen LogP contribution in [0.15, 0.2) is 0 Å². The Balaban J connectivity index is 2.49. The number of carbonyl (C=O) groups excluding carboxylic acids is 1. The van der Waals surface area contributed by atoms with Crippen molar-refractivity contribution < 1.29 is 9.53 Å². The molecule has 1 heterocycles. The summed E-state index contributed by atoms with van der Waals surface area (Å²) in [5.74, 6) is 0.929. The molecule has 0 saturated carbocycles. The molecule has 1 fully saturated rings. The molecule has 1 saturated heterocycles. The van der Waals surface area contributed by atoms with Crippen LogP contribution in [0.3, 0.4) is 0 Å². The number of nitrogens with one attached hydrogen (secondary N) is 2. The summed E-state index contributed by atoms with van der Waals surface area (Å²) in [6.45, 7) is 9.47. The van der Waals surface area contributed by atoms with Gasteiger partial charge in [0.15, 0.2) is 0 Å². The van der Waals surface area contributed by atoms with Crippen molar-refractivity contribution in [2.24, 2.45) is 17.3 Å². The molecular weight excluding hydrogens is 216 g/mol. The fourth-order valence-electron chi connectivity index (χ4n) is 2.45. The molecule has 1 aliphatic rings. The van der Waals surface area contributed by atoms with Crippen molar-refractivity contribution in [1.82, 2.24) is 10.6 Å². The first kappa shape index (κ1) is 14.5. The smallest absolute Gasteiger partial charge is 0.227 e. The van der Waals surface area contributed by atoms with E-state index in [1.807, 2.05) is 0 Å². The Bertz CT molecular complexity index is 248. The quantitative estimate of drug-likeness (QED) is 0.731. The van der Waals surface area contributed by atoms with E-state index >= 15 is 0 Å². The van der Waals surface area contributed by atoms with E-state index in [9.17, 15) is 4.79 Å². The molecule has 1 rings (SSSR count). The minimum absolute atomic E-state index is 0.195. The summed E-state index contributed by atoms with van der Waals surface area (Å²) in [5, 5.41) is 6.38. The predicted octanol–water partition coefficient (Wildman–Crippen LogP) is 1.02. The summed E-state index contributed by atoms with van der Waals surface area (Å²) < 4.78 is 5.07. The maximum absolute atomic E-state index is 12.3. The van der Waals surface area contributed by atoms with Crippen LogP contribution in [0.4, 0.5) is 0 Å². The minimum Gasteiger partial charge on any atom is -0.384 e. The van der Waals surface area contributed by atoms with Gasteiger partial charge >= 0.3 is 0 Å². The molecular formula is C13H26N2O2. The molecule has 0 aromatic rings. The third kappa shape index (κ3) is 3.42. The second-order valence-electron chi connectivity index (χ2n) is 5.51. The number of amides is 1. The van der Waals surface area contributed by atoms with Gasteiger partial charge in [-0.2, -0.15) is 0 Å². The Morgan fingerprint density at radius 2 is 2.18 bits per heavy atom. The highest BCUT2D eigenvalue weighted by Crippen LogP contribution is 2.34. The lowest BCUT2D eigenvalue weighted by molar-refractivity contribution is -0.132. The lowest BCUT2D eigenvalue weighted by atomic mass is 9.75. The van der Waals surface area contributed by atoms with E-state index in [-0.39, 0.29) is 11.3 Å². The van der Waals surface area contributed by atoms with Gasteiger partial charge in [0.25, 0.3) is 0 Å². The zero-order valence-electron chi connectivity index (χ0n) is 11.5. The zero-order valence-corrected chi connectivity index (χ0v) is 11.5. The van der Waals surface area contributed by atoms with E-state index in [0.29, 0.717) is 25.0 Å². The molecule has 4 nitrogen and oxygen atoms in total. The van der Waals surface area contributed by atoms with Crippen LogP contribution in [0.25, 0.3) is 0 Å². The second kappa shape index (κ2) is 6.36. The van der Waals surface area contributed by atoms with Gasteiger partial charge in [-0.05, 0) is 24.8 Å². The average Bonchev–Trinajstić information content (AvgIpc) is 2.76. The first-order valence-corrected chi connectivity index (χ1v) is 6.51. The molecule has 0 bridgehead atoms. The van der Waals surface area contributed by atoms with Gasteiger partial charge in [-0.25, -0.2) is 0 Å². The average molecular weight is 242 g/mol. The van der Waals surface area contributed by atoms with Crippen LogP contribution in [0, 0.1) is 17.3 Å². The number of carbonyl (C=O) groups is 1. The molecule has 2 atom stereocenters. The molecule has 0 aliphatic carbocycles. The van der Waals surface area contributed by atoms with Gasteiger partial charge in [-0.1, -0.05) is 20.8 Å². The molecule has 2 unspecified atom stereocenters. The largest absolute Gasteiger partial charge is 0.384 e. The first-order chi connectivity index (χ1) is 8.03. The van der Waals surface area contributed by atoms with Gasteiger partial charge in [0, 0.05) is 20.2 Å². The van der Waals surface area contributed by atoms with Crippen molar-refractivity contribution in [3.05, 3.63) is 0 Å². The molecule has 2 N–H and O–H groups in total. The van der Waals surface area contributed by atoms with Gasteiger partial charge in [-0.15, -0.1) is 0 Å². The molecule has 1 amide bonds. The van der Waals surface area contributed by atoms with E-state index in [4.69, 9.17) is 4.74 Å². The summed E-state index contributed by atoms with van der Waals surface area (Å²) in [6, 6.07) is 0. The minimum atomic E-state index is -0.215. The van der Waals surface area contributed by atoms with E-state index in [2.05, 4.69) is 31.4 Å². The molecule has 0 radical (unpaired) electrons. The van der Waals surface area contributed by atoms with Gasteiger partial charge in [0.05, 0.1) is 12.0 Å². The summed E-state index contributed by atoms with van der Waals surface area (Å²) in [6.07, 6.45) is 0.940. The van der Waals surface area contributed by atoms with Crippen molar-refractivity contribution in [3.8, 4) is 0 Å². The molecule has 4 heteroatoms. The molecule has 0 spiro atoms. The summed E-state index contributed by atoms with van der Waals surface area (Å²) in [5.41, 5.74) is -0.215. The van der Waals surface area contributed by atoms with E-state index in [1.165, 1.54) is 0 Å². The van der Waals surface area contributed by atoms with E-state index in [0.717, 1.165) is 19.5 Å². The first-order valence-electron chi connectivity index (χ1n) is 6.51. The van der Waals surface area contributed by atoms with Crippen molar-refractivity contribution in [2.45, 2.75) is 27.2 Å². The van der Waals surface area contributed by atoms with Crippen molar-refractivity contribution >= 4 is 5.91 Å². The van der Waals surface area contributed by atoms with E-state index in [1.54, 1.807) is 7.11 Å². The SMILES string of the molecule is COCC(C)CNC(=O)C1(C(C)C)CCNC1. The van der Waals surface area contributed by atoms with Crippen LogP contribution in [0.1, 0.15) is 27.2 Å². The molecule has 0 aromatic carbocycles. The van der Waals surface area contributed by atoms with Crippen LogP contribution >= 0.6 is 0 Å². The number of rotatable bonds is 6. The lowest BCUT2D eigenvalue weighted by Crippen LogP contribution is -2.47. The third-order valence-corrected chi connectivity index (χ3v) is 3.81. The fraction of sp³-hybridized carbons (Fsp3) is 0.923. The Labute approximate surface area is 104 Å². The zero-order chi connectivity index (χ0) is 12.9. The third-order valence-electron chi connectivity index (χ3n) is 3.81. The molecule has 1 aliphatic heterocycles. The Hall–Kier alpha value is -0.610. The molecule has 0 aromatic heterocycles. The molecule has 17 heavy (non-hydrogen) atoms. The topological polar surface area (TPSA) is 50.4 Å². The number of hydrogen-bond acceptors (Lipinski definition) is 3. The maximum atomic E-state index is 12.3. The number of hydrogen-bond donors (Lipinski definition) is 2. The second-order valence-corrected chi connectivity index (χ2v) is 5.51. The van der Waals surface area contributed by atoms with Crippen molar-refractivity contribution in [3.63, 3.8) is 0 Å². The van der Waals surface area contributed by atoms with Crippen molar-refractivity contribution in [1.29, 1.82) is 0 Å². The Kier molecular flexibility index (Phi) is 5.40. The number of ether oxygens (including phenoxy) is 1. The highest BCUT2D eigenvalue weighted by molar-refractivity contribution is 5.83. The lowest BCUT2D eigenvalue weighted by Gasteiger charge is -2.31. The fourth-order valence-corrected chi connectivity index (χ4v) is 2.45. The van der Waals surface area contributed by atoms with Crippen LogP contribution in [0.5, 0.6) is 0 Å². The molecule has 100 valence electrons. The van der Waals surface area contributed by atoms with Crippen LogP contribution in [0.2, 0.25) is 0 Å². The summed E-state index contributed by atoms with van der Waals surface area (Å²) in [7, 11) is 1.69. The van der Waals surface area contributed by atoms with Gasteiger partial charge < -0.3 is 15.4 Å². The summed E-state index contributed by atoms with van der Waals surface area (Å²) in [4.78, 5) is 12.3. The van der Waals surface area contributed by atoms with Gasteiger partial charge in [-0.3, -0.25) is 4.79 Å². The van der Waals surface area contributed by atoms with Crippen molar-refractivity contribution in [2.75, 3.05) is 33.4 Å². The van der Waals surface area contributed by atoms with Crippen LogP contribution in [-0.4, -0.2) is 39.3 Å². The van der Waals surface area contributed by atoms with E-state index < -0.39 is 0 Å². The monoisotopic (exact) mass is 242 g/mol. The standard InChI is InChI=1S/C13H26N2O2/c1-10(2)13(5-6-14-9-13)12(16)15-7-11(3)8-17-4/h10-11,14H,5-9H2,1-4H3,(H,15,16). The van der Waals surface area contributed by atoms with Crippen LogP contribution < -0.4 is 10.6 Å². The highest BCUT2D eigenvalue weighted by atomic mass is 16.5.